The number of hydrogen-bond donors (Lipinski definition) is 2. The van der Waals surface area contributed by atoms with E-state index in [0.29, 0.717) is 0 Å². The molecule has 56 valence electrons. The smallest absolute Gasteiger partial charge is 0.343 e. The molecule has 0 aromatic carbocycles. The number of rotatable bonds is 2. The van der Waals surface area contributed by atoms with Crippen molar-refractivity contribution in [3.8, 4) is 0 Å². The van der Waals surface area contributed by atoms with Crippen molar-refractivity contribution >= 4 is 29.7 Å². The number of hydrogen-bond acceptors (Lipinski definition) is 1. The Morgan fingerprint density at radius 1 is 1.50 bits per heavy atom. The first kappa shape index (κ1) is 17.5. The van der Waals surface area contributed by atoms with E-state index < -0.39 is 4.45 Å². The van der Waals surface area contributed by atoms with Gasteiger partial charge in [0, 0.05) is 0 Å². The van der Waals surface area contributed by atoms with Gasteiger partial charge < -0.3 is 6.92 Å². The van der Waals surface area contributed by atoms with Gasteiger partial charge in [-0.2, -0.15) is 6.42 Å². The monoisotopic (exact) mass is 188 g/mol. The molecule has 4 heteroatoms. The van der Waals surface area contributed by atoms with Crippen molar-refractivity contribution < 1.29 is 34.4 Å². The minimum absolute atomic E-state index is 0. The molecule has 10 heavy (non-hydrogen) atoms. The largest absolute Gasteiger partial charge is 1.00 e. The summed E-state index contributed by atoms with van der Waals surface area (Å²) in [6.07, 6.45) is 3.65. The van der Waals surface area contributed by atoms with Crippen LogP contribution in [-0.4, -0.2) is 4.45 Å². The fourth-order valence-electron chi connectivity index (χ4n) is 0.250. The quantitative estimate of drug-likeness (QED) is 0.354. The fourth-order valence-corrected chi connectivity index (χ4v) is 0.250. The summed E-state index contributed by atoms with van der Waals surface area (Å²) in [5, 5.41) is 0. The van der Waals surface area contributed by atoms with Gasteiger partial charge in [-0.3, -0.25) is 4.79 Å². The minimum atomic E-state index is -0.444. The molecule has 0 aliphatic rings. The van der Waals surface area contributed by atoms with Gasteiger partial charge in [-0.05, 0) is 0 Å². The van der Waals surface area contributed by atoms with Crippen LogP contribution in [0.15, 0.2) is 0 Å². The zero-order chi connectivity index (χ0) is 7.70. The van der Waals surface area contributed by atoms with Gasteiger partial charge in [0.05, 0.1) is 0 Å². The van der Waals surface area contributed by atoms with Crippen LogP contribution in [0.5, 0.6) is 0 Å². The van der Waals surface area contributed by atoms with Crippen LogP contribution in [0.25, 0.3) is 0 Å². The maximum absolute atomic E-state index is 9.17. The Kier molecular flexibility index (Phi) is 29.3. The summed E-state index contributed by atoms with van der Waals surface area (Å²) >= 11 is 6.38. The first-order valence-electron chi connectivity index (χ1n) is 2.86. The van der Waals surface area contributed by atoms with E-state index in [-0.39, 0.29) is 29.6 Å². The van der Waals surface area contributed by atoms with E-state index in [4.69, 9.17) is 0 Å². The maximum Gasteiger partial charge on any atom is 1.00 e. The molecule has 0 saturated heterocycles. The van der Waals surface area contributed by atoms with Crippen LogP contribution in [0.2, 0.25) is 0 Å². The molecular weight excluding hydrogens is 175 g/mol. The summed E-state index contributed by atoms with van der Waals surface area (Å²) in [6, 6.07) is 0. The van der Waals surface area contributed by atoms with E-state index in [0.717, 1.165) is 6.42 Å². The fraction of sp³-hybridized carbons (Fsp3) is 0.667. The third-order valence-electron chi connectivity index (χ3n) is 0.604. The molecule has 0 N–H and O–H groups in total. The molecule has 0 aromatic heterocycles. The molecule has 0 fully saturated rings. The van der Waals surface area contributed by atoms with E-state index in [1.54, 1.807) is 0 Å². The molecular formula is C6H13NaOS2. The normalized spacial score (nSPS) is 6.80. The molecule has 0 aromatic rings. The van der Waals surface area contributed by atoms with Gasteiger partial charge >= 0.3 is 29.6 Å². The van der Waals surface area contributed by atoms with E-state index in [1.165, 1.54) is 12.8 Å². The van der Waals surface area contributed by atoms with Crippen LogP contribution in [-0.2, 0) is 0 Å². The summed E-state index contributed by atoms with van der Waals surface area (Å²) < 4.78 is -0.444. The van der Waals surface area contributed by atoms with E-state index >= 15 is 0 Å². The first-order valence-corrected chi connectivity index (χ1v) is 3.75. The molecule has 0 atom stereocenters. The molecule has 0 spiro atoms. The van der Waals surface area contributed by atoms with Gasteiger partial charge in [0.2, 0.25) is 4.45 Å². The average Bonchev–Trinajstić information content (AvgIpc) is 1.66. The second-order valence-electron chi connectivity index (χ2n) is 1.49. The predicted molar refractivity (Wildman–Crippen MR) is 48.3 cm³/mol. The zero-order valence-electron chi connectivity index (χ0n) is 6.63. The Labute approximate surface area is 96.5 Å². The third-order valence-corrected chi connectivity index (χ3v) is 0.604. The van der Waals surface area contributed by atoms with Crippen molar-refractivity contribution in [1.82, 2.24) is 0 Å². The third kappa shape index (κ3) is 57.8. The van der Waals surface area contributed by atoms with Crippen molar-refractivity contribution in [3.05, 3.63) is 6.92 Å². The minimum Gasteiger partial charge on any atom is -0.343 e. The van der Waals surface area contributed by atoms with Crippen molar-refractivity contribution in [2.75, 3.05) is 0 Å². The topological polar surface area (TPSA) is 17.1 Å². The number of carbonyl (C=O) groups is 1. The van der Waals surface area contributed by atoms with Crippen LogP contribution in [0.1, 0.15) is 26.2 Å². The standard InChI is InChI=1S/C5H11.CH2OS2.Na/c1-3-5-4-2;2-1(3)4;/h1,3-5H2,2H3;(H2,2,3,4);/q-1;;+1. The molecule has 0 radical (unpaired) electrons. The molecule has 0 aliphatic heterocycles. The van der Waals surface area contributed by atoms with Crippen LogP contribution in [0, 0.1) is 6.92 Å². The van der Waals surface area contributed by atoms with Gasteiger partial charge in [-0.25, -0.2) is 0 Å². The van der Waals surface area contributed by atoms with Gasteiger partial charge in [0.15, 0.2) is 0 Å². The van der Waals surface area contributed by atoms with Gasteiger partial charge in [0.1, 0.15) is 0 Å². The summed E-state index contributed by atoms with van der Waals surface area (Å²) in [5.41, 5.74) is 0. The van der Waals surface area contributed by atoms with Crippen molar-refractivity contribution in [3.63, 3.8) is 0 Å². The number of thiol groups is 2. The SMILES string of the molecule is O=C(S)S.[CH2-]CCCC.[Na+]. The Morgan fingerprint density at radius 3 is 1.80 bits per heavy atom. The van der Waals surface area contributed by atoms with Crippen molar-refractivity contribution in [2.45, 2.75) is 26.2 Å². The molecule has 0 unspecified atom stereocenters. The molecule has 1 nitrogen and oxygen atoms in total. The second-order valence-corrected chi connectivity index (χ2v) is 2.65. The van der Waals surface area contributed by atoms with E-state index in [2.05, 4.69) is 39.1 Å². The van der Waals surface area contributed by atoms with Crippen LogP contribution >= 0.6 is 25.3 Å². The van der Waals surface area contributed by atoms with Gasteiger partial charge in [0.25, 0.3) is 0 Å². The second kappa shape index (κ2) is 16.8. The number of unbranched alkanes of at least 4 members (excludes halogenated alkanes) is 2. The summed E-state index contributed by atoms with van der Waals surface area (Å²) in [7, 11) is 0. The molecule has 0 heterocycles. The predicted octanol–water partition coefficient (Wildman–Crippen LogP) is -0.0193. The van der Waals surface area contributed by atoms with Crippen LogP contribution in [0.4, 0.5) is 4.79 Å². The van der Waals surface area contributed by atoms with Crippen LogP contribution < -0.4 is 29.6 Å². The molecule has 0 amide bonds. The Balaban J connectivity index is -0.0000000910. The summed E-state index contributed by atoms with van der Waals surface area (Å²) in [4.78, 5) is 9.17. The Bertz CT molecular complexity index is 62.8. The average molecular weight is 188 g/mol. The maximum atomic E-state index is 9.17. The van der Waals surface area contributed by atoms with Gasteiger partial charge in [-0.15, -0.1) is 0 Å². The molecule has 0 bridgehead atoms. The number of carbonyl (C=O) groups excluding carboxylic acids is 1. The Hall–Kier alpha value is 1.37. The molecule has 0 aliphatic carbocycles. The van der Waals surface area contributed by atoms with E-state index in [1.807, 2.05) is 0 Å². The van der Waals surface area contributed by atoms with Gasteiger partial charge in [-0.1, -0.05) is 45.0 Å². The van der Waals surface area contributed by atoms with E-state index in [9.17, 15) is 4.79 Å². The van der Waals surface area contributed by atoms with Crippen molar-refractivity contribution in [2.24, 2.45) is 0 Å². The van der Waals surface area contributed by atoms with Crippen molar-refractivity contribution in [1.29, 1.82) is 0 Å². The zero-order valence-corrected chi connectivity index (χ0v) is 10.4. The summed E-state index contributed by atoms with van der Waals surface area (Å²) in [6.45, 7) is 5.85. The molecule has 0 rings (SSSR count). The Morgan fingerprint density at radius 2 is 1.80 bits per heavy atom. The van der Waals surface area contributed by atoms with Crippen LogP contribution in [0.3, 0.4) is 0 Å². The summed E-state index contributed by atoms with van der Waals surface area (Å²) in [5.74, 6) is 0. The first-order chi connectivity index (χ1) is 4.15. The molecule has 0 saturated carbocycles.